The number of nitrogens with one attached hydrogen (secondary N) is 2. The van der Waals surface area contributed by atoms with Crippen molar-refractivity contribution in [1.29, 1.82) is 0 Å². The van der Waals surface area contributed by atoms with Gasteiger partial charge in [0.25, 0.3) is 0 Å². The number of hydrogen-bond donors (Lipinski definition) is 2. The van der Waals surface area contributed by atoms with E-state index in [1.165, 1.54) is 19.1 Å². The van der Waals surface area contributed by atoms with Gasteiger partial charge in [0.15, 0.2) is 0 Å². The lowest BCUT2D eigenvalue weighted by molar-refractivity contribution is -0.114. The Balaban J connectivity index is 1.62. The molecule has 1 amide bonds. The fraction of sp³-hybridized carbons (Fsp3) is 0.231. The Labute approximate surface area is 236 Å². The summed E-state index contributed by atoms with van der Waals surface area (Å²) in [5.41, 5.74) is 2.50. The standard InChI is InChI=1S/C26H25Cl3N4O4S/c1-3-37-25-11-9-20(31-16(2)34)14-26(25)38(35,36)30-15-21-13-24(17-4-6-18(27)7-5-17)33(32-21)23-10-8-19(28)12-22(23)29/h4-12,14,24,30H,3,13,15H2,1-2H3,(H,31,34). The predicted octanol–water partition coefficient (Wildman–Crippen LogP) is 6.29. The summed E-state index contributed by atoms with van der Waals surface area (Å²) >= 11 is 18.7. The highest BCUT2D eigenvalue weighted by atomic mass is 35.5. The van der Waals surface area contributed by atoms with E-state index in [-0.39, 0.29) is 35.7 Å². The maximum Gasteiger partial charge on any atom is 0.244 e. The molecule has 8 nitrogen and oxygen atoms in total. The number of benzene rings is 3. The van der Waals surface area contributed by atoms with Gasteiger partial charge in [-0.25, -0.2) is 13.1 Å². The van der Waals surface area contributed by atoms with E-state index in [0.717, 1.165) is 5.56 Å². The van der Waals surface area contributed by atoms with E-state index in [2.05, 4.69) is 10.0 Å². The van der Waals surface area contributed by atoms with Crippen LogP contribution in [0.3, 0.4) is 0 Å². The summed E-state index contributed by atoms with van der Waals surface area (Å²) in [6.45, 7) is 3.32. The molecule has 38 heavy (non-hydrogen) atoms. The number of sulfonamides is 1. The first-order valence-corrected chi connectivity index (χ1v) is 14.3. The molecule has 1 aliphatic heterocycles. The second-order valence-corrected chi connectivity index (χ2v) is 11.5. The van der Waals surface area contributed by atoms with E-state index in [1.807, 2.05) is 12.1 Å². The average molecular weight is 596 g/mol. The monoisotopic (exact) mass is 594 g/mol. The molecule has 0 fully saturated rings. The lowest BCUT2D eigenvalue weighted by Crippen LogP contribution is -2.29. The number of amides is 1. The number of halogens is 3. The Morgan fingerprint density at radius 2 is 1.76 bits per heavy atom. The SMILES string of the molecule is CCOc1ccc(NC(C)=O)cc1S(=O)(=O)NCC1=NN(c2ccc(Cl)cc2Cl)C(c2ccc(Cl)cc2)C1. The Morgan fingerprint density at radius 1 is 1.05 bits per heavy atom. The second kappa shape index (κ2) is 11.9. The van der Waals surface area contributed by atoms with Crippen molar-refractivity contribution in [3.05, 3.63) is 81.3 Å². The van der Waals surface area contributed by atoms with Crippen molar-refractivity contribution in [2.24, 2.45) is 5.10 Å². The molecule has 3 aromatic carbocycles. The number of hydrazone groups is 1. The topological polar surface area (TPSA) is 100 Å². The quantitative estimate of drug-likeness (QED) is 0.303. The zero-order chi connectivity index (χ0) is 27.4. The summed E-state index contributed by atoms with van der Waals surface area (Å²) in [5.74, 6) is -0.143. The molecule has 0 radical (unpaired) electrons. The summed E-state index contributed by atoms with van der Waals surface area (Å²) in [5, 5.41) is 10.6. The van der Waals surface area contributed by atoms with E-state index >= 15 is 0 Å². The maximum atomic E-state index is 13.3. The summed E-state index contributed by atoms with van der Waals surface area (Å²) < 4.78 is 34.8. The first-order chi connectivity index (χ1) is 18.1. The third-order valence-electron chi connectivity index (χ3n) is 5.70. The lowest BCUT2D eigenvalue weighted by atomic mass is 10.0. The van der Waals surface area contributed by atoms with Gasteiger partial charge in [0.2, 0.25) is 15.9 Å². The number of nitrogens with zero attached hydrogens (tertiary/aromatic N) is 2. The Morgan fingerprint density at radius 3 is 2.42 bits per heavy atom. The van der Waals surface area contributed by atoms with Gasteiger partial charge < -0.3 is 10.1 Å². The fourth-order valence-corrected chi connectivity index (χ4v) is 5.85. The molecule has 1 atom stereocenters. The van der Waals surface area contributed by atoms with Gasteiger partial charge >= 0.3 is 0 Å². The number of rotatable bonds is 9. The maximum absolute atomic E-state index is 13.3. The van der Waals surface area contributed by atoms with Gasteiger partial charge in [0.1, 0.15) is 10.6 Å². The summed E-state index contributed by atoms with van der Waals surface area (Å²) in [6, 6.07) is 16.7. The molecule has 1 unspecified atom stereocenters. The van der Waals surface area contributed by atoms with E-state index < -0.39 is 10.0 Å². The van der Waals surface area contributed by atoms with Crippen molar-refractivity contribution in [2.45, 2.75) is 31.2 Å². The minimum atomic E-state index is -4.03. The van der Waals surface area contributed by atoms with Crippen LogP contribution in [-0.4, -0.2) is 33.2 Å². The van der Waals surface area contributed by atoms with Crippen molar-refractivity contribution < 1.29 is 17.9 Å². The highest BCUT2D eigenvalue weighted by molar-refractivity contribution is 7.89. The normalized spacial score (nSPS) is 15.3. The first kappa shape index (κ1) is 28.2. The van der Waals surface area contributed by atoms with Gasteiger partial charge in [-0.1, -0.05) is 46.9 Å². The molecule has 4 rings (SSSR count). The summed E-state index contributed by atoms with van der Waals surface area (Å²) in [7, 11) is -4.03. The van der Waals surface area contributed by atoms with E-state index in [0.29, 0.717) is 38.6 Å². The van der Waals surface area contributed by atoms with Crippen molar-refractivity contribution >= 4 is 67.8 Å². The molecule has 0 spiro atoms. The first-order valence-electron chi connectivity index (χ1n) is 11.7. The van der Waals surface area contributed by atoms with E-state index in [9.17, 15) is 13.2 Å². The average Bonchev–Trinajstić information content (AvgIpc) is 3.28. The highest BCUT2D eigenvalue weighted by Crippen LogP contribution is 2.40. The van der Waals surface area contributed by atoms with E-state index in [1.54, 1.807) is 48.3 Å². The number of carbonyl (C=O) groups is 1. The van der Waals surface area contributed by atoms with Crippen molar-refractivity contribution in [1.82, 2.24) is 4.72 Å². The molecule has 0 aromatic heterocycles. The Bertz CT molecular complexity index is 1480. The molecule has 200 valence electrons. The van der Waals surface area contributed by atoms with Gasteiger partial charge in [-0.3, -0.25) is 9.80 Å². The summed E-state index contributed by atoms with van der Waals surface area (Å²) in [4.78, 5) is 11.4. The lowest BCUT2D eigenvalue weighted by Gasteiger charge is -2.25. The van der Waals surface area contributed by atoms with Crippen LogP contribution in [0.25, 0.3) is 0 Å². The largest absolute Gasteiger partial charge is 0.492 e. The highest BCUT2D eigenvalue weighted by Gasteiger charge is 2.31. The van der Waals surface area contributed by atoms with Gasteiger partial charge in [-0.2, -0.15) is 5.10 Å². The molecule has 0 saturated carbocycles. The van der Waals surface area contributed by atoms with E-state index in [4.69, 9.17) is 44.6 Å². The minimum Gasteiger partial charge on any atom is -0.492 e. The van der Waals surface area contributed by atoms with Gasteiger partial charge in [0, 0.05) is 29.1 Å². The fourth-order valence-electron chi connectivity index (χ4n) is 4.04. The zero-order valence-corrected chi connectivity index (χ0v) is 23.6. The van der Waals surface area contributed by atoms with Crippen LogP contribution in [-0.2, 0) is 14.8 Å². The summed E-state index contributed by atoms with van der Waals surface area (Å²) in [6.07, 6.45) is 0.438. The number of hydrogen-bond acceptors (Lipinski definition) is 6. The van der Waals surface area contributed by atoms with Crippen molar-refractivity contribution in [3.63, 3.8) is 0 Å². The van der Waals surface area contributed by atoms with Crippen LogP contribution in [0.2, 0.25) is 15.1 Å². The van der Waals surface area contributed by atoms with Crippen molar-refractivity contribution in [2.75, 3.05) is 23.5 Å². The van der Waals surface area contributed by atoms with Gasteiger partial charge in [-0.15, -0.1) is 0 Å². The smallest absolute Gasteiger partial charge is 0.244 e. The van der Waals surface area contributed by atoms with Crippen LogP contribution >= 0.6 is 34.8 Å². The number of ether oxygens (including phenoxy) is 1. The second-order valence-electron chi connectivity index (χ2n) is 8.48. The van der Waals surface area contributed by atoms with Crippen molar-refractivity contribution in [3.8, 4) is 5.75 Å². The minimum absolute atomic E-state index is 0.0515. The number of carbonyl (C=O) groups excluding carboxylic acids is 1. The predicted molar refractivity (Wildman–Crippen MR) is 152 cm³/mol. The van der Waals surface area contributed by atoms with Crippen LogP contribution in [0.15, 0.2) is 70.7 Å². The zero-order valence-electron chi connectivity index (χ0n) is 20.5. The molecular formula is C26H25Cl3N4O4S. The van der Waals surface area contributed by atoms with Crippen LogP contribution in [0.4, 0.5) is 11.4 Å². The molecule has 0 aliphatic carbocycles. The molecule has 2 N–H and O–H groups in total. The molecule has 1 heterocycles. The molecule has 0 bridgehead atoms. The van der Waals surface area contributed by atoms with Gasteiger partial charge in [0.05, 0.1) is 35.6 Å². The van der Waals surface area contributed by atoms with Crippen LogP contribution in [0.5, 0.6) is 5.75 Å². The molecule has 12 heteroatoms. The Kier molecular flexibility index (Phi) is 8.85. The third-order valence-corrected chi connectivity index (χ3v) is 7.92. The van der Waals surface area contributed by atoms with Crippen LogP contribution in [0.1, 0.15) is 31.9 Å². The number of anilines is 2. The molecule has 0 saturated heterocycles. The third kappa shape index (κ3) is 6.59. The molecule has 1 aliphatic rings. The molecular weight excluding hydrogens is 571 g/mol. The van der Waals surface area contributed by atoms with Gasteiger partial charge in [-0.05, 0) is 61.0 Å². The van der Waals surface area contributed by atoms with Crippen LogP contribution < -0.4 is 19.8 Å². The molecule has 3 aromatic rings. The van der Waals surface area contributed by atoms with Crippen LogP contribution in [0, 0.1) is 0 Å². The Hall–Kier alpha value is -2.82.